The van der Waals surface area contributed by atoms with Crippen LogP contribution >= 0.6 is 0 Å². The van der Waals surface area contributed by atoms with Crippen LogP contribution in [0.1, 0.15) is 49.9 Å². The Hall–Kier alpha value is -2.75. The van der Waals surface area contributed by atoms with Crippen LogP contribution in [0.2, 0.25) is 0 Å². The summed E-state index contributed by atoms with van der Waals surface area (Å²) in [5.74, 6) is 1.23. The van der Waals surface area contributed by atoms with Gasteiger partial charge in [-0.15, -0.1) is 0 Å². The predicted octanol–water partition coefficient (Wildman–Crippen LogP) is 5.85. The summed E-state index contributed by atoms with van der Waals surface area (Å²) in [5, 5.41) is 2.90. The van der Waals surface area contributed by atoms with Gasteiger partial charge in [0.1, 0.15) is 18.1 Å². The molecule has 0 unspecified atom stereocenters. The zero-order valence-electron chi connectivity index (χ0n) is 16.3. The monoisotopic (exact) mass is 367 g/mol. The molecule has 144 valence electrons. The van der Waals surface area contributed by atoms with Gasteiger partial charge < -0.3 is 14.8 Å². The van der Waals surface area contributed by atoms with E-state index >= 15 is 0 Å². The Morgan fingerprint density at radius 2 is 1.74 bits per heavy atom. The van der Waals surface area contributed by atoms with Gasteiger partial charge in [0.25, 0.3) is 5.91 Å². The number of hydrogen-bond acceptors (Lipinski definition) is 3. The second kappa shape index (κ2) is 11.1. The molecule has 2 aromatic carbocycles. The highest BCUT2D eigenvalue weighted by molar-refractivity contribution is 6.05. The molecule has 0 aliphatic rings. The lowest BCUT2D eigenvalue weighted by Crippen LogP contribution is -2.13. The molecule has 4 heteroatoms. The molecule has 0 bridgehead atoms. The lowest BCUT2D eigenvalue weighted by molar-refractivity contribution is 0.102. The summed E-state index contributed by atoms with van der Waals surface area (Å²) in [5.41, 5.74) is 2.13. The van der Waals surface area contributed by atoms with E-state index in [0.717, 1.165) is 17.7 Å². The first kappa shape index (κ1) is 20.6. The predicted molar refractivity (Wildman–Crippen MR) is 111 cm³/mol. The first-order valence-electron chi connectivity index (χ1n) is 9.50. The third kappa shape index (κ3) is 7.18. The van der Waals surface area contributed by atoms with Crippen molar-refractivity contribution < 1.29 is 14.3 Å². The van der Waals surface area contributed by atoms with E-state index in [1.807, 2.05) is 43.3 Å². The minimum absolute atomic E-state index is 0.184. The van der Waals surface area contributed by atoms with Crippen LogP contribution < -0.4 is 14.8 Å². The number of benzene rings is 2. The fourth-order valence-corrected chi connectivity index (χ4v) is 2.51. The molecule has 1 N–H and O–H groups in total. The SMILES string of the molecule is C=C(C)COc1ccccc1NC(=O)c1ccc(OCCCCCC)cc1. The summed E-state index contributed by atoms with van der Waals surface area (Å²) < 4.78 is 11.4. The van der Waals surface area contributed by atoms with Crippen LogP contribution in [-0.2, 0) is 0 Å². The van der Waals surface area contributed by atoms with E-state index in [9.17, 15) is 4.79 Å². The first-order chi connectivity index (χ1) is 13.1. The highest BCUT2D eigenvalue weighted by Crippen LogP contribution is 2.25. The lowest BCUT2D eigenvalue weighted by atomic mass is 10.2. The van der Waals surface area contributed by atoms with Crippen molar-refractivity contribution in [3.8, 4) is 11.5 Å². The van der Waals surface area contributed by atoms with Crippen LogP contribution in [0.5, 0.6) is 11.5 Å². The van der Waals surface area contributed by atoms with Crippen molar-refractivity contribution in [2.75, 3.05) is 18.5 Å². The summed E-state index contributed by atoms with van der Waals surface area (Å²) in [4.78, 5) is 12.5. The van der Waals surface area contributed by atoms with Crippen molar-refractivity contribution in [1.82, 2.24) is 0 Å². The molecule has 0 aromatic heterocycles. The molecule has 0 heterocycles. The molecule has 0 aliphatic heterocycles. The molecule has 0 radical (unpaired) electrons. The fraction of sp³-hybridized carbons (Fsp3) is 0.348. The van der Waals surface area contributed by atoms with E-state index in [2.05, 4.69) is 18.8 Å². The van der Waals surface area contributed by atoms with Crippen LogP contribution in [0.4, 0.5) is 5.69 Å². The number of hydrogen-bond donors (Lipinski definition) is 1. The standard InChI is InChI=1S/C23H29NO3/c1-4-5-6-9-16-26-20-14-12-19(13-15-20)23(25)24-21-10-7-8-11-22(21)27-17-18(2)3/h7-8,10-15H,2,4-6,9,16-17H2,1,3H3,(H,24,25). The maximum Gasteiger partial charge on any atom is 0.255 e. The van der Waals surface area contributed by atoms with E-state index in [1.165, 1.54) is 19.3 Å². The summed E-state index contributed by atoms with van der Waals surface area (Å²) in [7, 11) is 0. The quantitative estimate of drug-likeness (QED) is 0.400. The zero-order chi connectivity index (χ0) is 19.5. The van der Waals surface area contributed by atoms with Crippen molar-refractivity contribution in [2.24, 2.45) is 0 Å². The number of ether oxygens (including phenoxy) is 2. The average molecular weight is 367 g/mol. The Labute approximate surface area is 162 Å². The van der Waals surface area contributed by atoms with Gasteiger partial charge in [0.05, 0.1) is 12.3 Å². The van der Waals surface area contributed by atoms with Crippen LogP contribution in [0.3, 0.4) is 0 Å². The molecule has 27 heavy (non-hydrogen) atoms. The first-order valence-corrected chi connectivity index (χ1v) is 9.50. The molecular formula is C23H29NO3. The fourth-order valence-electron chi connectivity index (χ4n) is 2.51. The van der Waals surface area contributed by atoms with E-state index in [1.54, 1.807) is 12.1 Å². The number of amides is 1. The van der Waals surface area contributed by atoms with E-state index in [4.69, 9.17) is 9.47 Å². The topological polar surface area (TPSA) is 47.6 Å². The average Bonchev–Trinajstić information content (AvgIpc) is 2.67. The number of nitrogens with one attached hydrogen (secondary N) is 1. The normalized spacial score (nSPS) is 10.3. The van der Waals surface area contributed by atoms with E-state index in [-0.39, 0.29) is 5.91 Å². The van der Waals surface area contributed by atoms with Crippen LogP contribution in [0, 0.1) is 0 Å². The third-order valence-corrected chi connectivity index (χ3v) is 3.99. The third-order valence-electron chi connectivity index (χ3n) is 3.99. The lowest BCUT2D eigenvalue weighted by Gasteiger charge is -2.12. The van der Waals surface area contributed by atoms with E-state index < -0.39 is 0 Å². The molecule has 0 fully saturated rings. The molecule has 1 amide bonds. The van der Waals surface area contributed by atoms with E-state index in [0.29, 0.717) is 30.2 Å². The van der Waals surface area contributed by atoms with Gasteiger partial charge in [-0.25, -0.2) is 0 Å². The van der Waals surface area contributed by atoms with Crippen molar-refractivity contribution in [3.63, 3.8) is 0 Å². The Morgan fingerprint density at radius 1 is 1.00 bits per heavy atom. The summed E-state index contributed by atoms with van der Waals surface area (Å²) >= 11 is 0. The minimum Gasteiger partial charge on any atom is -0.494 e. The highest BCUT2D eigenvalue weighted by atomic mass is 16.5. The summed E-state index contributed by atoms with van der Waals surface area (Å²) in [6.45, 7) is 9.04. The number of carbonyl (C=O) groups excluding carboxylic acids is 1. The second-order valence-electron chi connectivity index (χ2n) is 6.63. The summed E-state index contributed by atoms with van der Waals surface area (Å²) in [6, 6.07) is 14.6. The van der Waals surface area contributed by atoms with Gasteiger partial charge in [-0.05, 0) is 55.3 Å². The maximum absolute atomic E-state index is 12.5. The van der Waals surface area contributed by atoms with Crippen molar-refractivity contribution in [3.05, 3.63) is 66.2 Å². The molecule has 0 saturated carbocycles. The Kier molecular flexibility index (Phi) is 8.43. The molecule has 0 aliphatic carbocycles. The number of rotatable bonds is 11. The second-order valence-corrected chi connectivity index (χ2v) is 6.63. The van der Waals surface area contributed by atoms with Gasteiger partial charge in [0, 0.05) is 5.56 Å². The Balaban J connectivity index is 1.91. The summed E-state index contributed by atoms with van der Waals surface area (Å²) in [6.07, 6.45) is 4.69. The minimum atomic E-state index is -0.184. The molecule has 0 spiro atoms. The van der Waals surface area contributed by atoms with Crippen LogP contribution in [0.25, 0.3) is 0 Å². The zero-order valence-corrected chi connectivity index (χ0v) is 16.3. The van der Waals surface area contributed by atoms with Gasteiger partial charge in [-0.2, -0.15) is 0 Å². The molecule has 2 aromatic rings. The maximum atomic E-state index is 12.5. The van der Waals surface area contributed by atoms with Crippen LogP contribution in [0.15, 0.2) is 60.7 Å². The molecule has 2 rings (SSSR count). The van der Waals surface area contributed by atoms with Crippen molar-refractivity contribution in [2.45, 2.75) is 39.5 Å². The van der Waals surface area contributed by atoms with Crippen molar-refractivity contribution >= 4 is 11.6 Å². The number of para-hydroxylation sites is 2. The number of carbonyl (C=O) groups is 1. The Bertz CT molecular complexity index is 738. The number of unbranched alkanes of at least 4 members (excludes halogenated alkanes) is 3. The van der Waals surface area contributed by atoms with Crippen molar-refractivity contribution in [1.29, 1.82) is 0 Å². The van der Waals surface area contributed by atoms with Gasteiger partial charge in [-0.3, -0.25) is 4.79 Å². The van der Waals surface area contributed by atoms with Gasteiger partial charge in [0.15, 0.2) is 0 Å². The van der Waals surface area contributed by atoms with Gasteiger partial charge >= 0.3 is 0 Å². The largest absolute Gasteiger partial charge is 0.494 e. The van der Waals surface area contributed by atoms with Gasteiger partial charge in [-0.1, -0.05) is 44.9 Å². The molecular weight excluding hydrogens is 338 g/mol. The van der Waals surface area contributed by atoms with Crippen LogP contribution in [-0.4, -0.2) is 19.1 Å². The highest BCUT2D eigenvalue weighted by Gasteiger charge is 2.10. The van der Waals surface area contributed by atoms with Gasteiger partial charge in [0.2, 0.25) is 0 Å². The Morgan fingerprint density at radius 3 is 2.44 bits per heavy atom. The molecule has 0 saturated heterocycles. The smallest absolute Gasteiger partial charge is 0.255 e. The molecule has 0 atom stereocenters. The number of anilines is 1. The molecule has 4 nitrogen and oxygen atoms in total.